The molecule has 3 aromatic carbocycles. The molecule has 0 saturated heterocycles. The SMILES string of the molecule is Cc1nn(Cc2cccc(Oc3ccccc3)c2)c(C)c1NS(=O)(=O)c1ccccc1[N+](=O)[O-]. The lowest BCUT2D eigenvalue weighted by Crippen LogP contribution is -2.16. The minimum atomic E-state index is -4.20. The van der Waals surface area contributed by atoms with Gasteiger partial charge in [0.1, 0.15) is 11.5 Å². The van der Waals surface area contributed by atoms with E-state index in [-0.39, 0.29) is 5.69 Å². The van der Waals surface area contributed by atoms with Crippen LogP contribution in [0.1, 0.15) is 17.0 Å². The van der Waals surface area contributed by atoms with Gasteiger partial charge in [0.05, 0.1) is 28.5 Å². The average Bonchev–Trinajstić information content (AvgIpc) is 3.07. The van der Waals surface area contributed by atoms with Gasteiger partial charge in [0, 0.05) is 6.07 Å². The summed E-state index contributed by atoms with van der Waals surface area (Å²) in [5.74, 6) is 1.39. The summed E-state index contributed by atoms with van der Waals surface area (Å²) in [6, 6.07) is 22.2. The van der Waals surface area contributed by atoms with Crippen LogP contribution in [0.4, 0.5) is 11.4 Å². The molecule has 9 nitrogen and oxygen atoms in total. The van der Waals surface area contributed by atoms with E-state index in [4.69, 9.17) is 4.74 Å². The molecule has 0 aliphatic rings. The molecule has 4 rings (SSSR count). The third-order valence-corrected chi connectivity index (χ3v) is 6.58. The van der Waals surface area contributed by atoms with Gasteiger partial charge >= 0.3 is 0 Å². The van der Waals surface area contributed by atoms with Gasteiger partial charge in [-0.25, -0.2) is 8.42 Å². The Bertz CT molecular complexity index is 1450. The van der Waals surface area contributed by atoms with Crippen molar-refractivity contribution in [3.05, 3.63) is 106 Å². The Hall–Kier alpha value is -4.18. The molecular formula is C24H22N4O5S. The fourth-order valence-corrected chi connectivity index (χ4v) is 4.88. The second-order valence-corrected chi connectivity index (χ2v) is 9.25. The van der Waals surface area contributed by atoms with Crippen LogP contribution in [0.2, 0.25) is 0 Å². The first-order valence-corrected chi connectivity index (χ1v) is 11.8. The van der Waals surface area contributed by atoms with E-state index in [9.17, 15) is 18.5 Å². The summed E-state index contributed by atoms with van der Waals surface area (Å²) in [6.45, 7) is 3.79. The van der Waals surface area contributed by atoms with Gasteiger partial charge in [0.2, 0.25) is 0 Å². The Labute approximate surface area is 196 Å². The van der Waals surface area contributed by atoms with Gasteiger partial charge in [0.15, 0.2) is 4.90 Å². The van der Waals surface area contributed by atoms with Crippen molar-refractivity contribution in [2.75, 3.05) is 4.72 Å². The summed E-state index contributed by atoms with van der Waals surface area (Å²) < 4.78 is 35.9. The number of sulfonamides is 1. The maximum absolute atomic E-state index is 12.9. The molecular weight excluding hydrogens is 456 g/mol. The number of aromatic nitrogens is 2. The maximum atomic E-state index is 12.9. The minimum absolute atomic E-state index is 0.287. The Morgan fingerprint density at radius 1 is 0.971 bits per heavy atom. The van der Waals surface area contributed by atoms with Crippen LogP contribution in [0.5, 0.6) is 11.5 Å². The molecule has 174 valence electrons. The van der Waals surface area contributed by atoms with E-state index >= 15 is 0 Å². The van der Waals surface area contributed by atoms with Crippen molar-refractivity contribution in [1.82, 2.24) is 9.78 Å². The number of aryl methyl sites for hydroxylation is 1. The average molecular weight is 479 g/mol. The number of para-hydroxylation sites is 2. The number of nitrogens with zero attached hydrogens (tertiary/aromatic N) is 3. The molecule has 0 radical (unpaired) electrons. The van der Waals surface area contributed by atoms with Crippen LogP contribution in [-0.2, 0) is 16.6 Å². The van der Waals surface area contributed by atoms with Gasteiger partial charge in [-0.2, -0.15) is 5.10 Å². The van der Waals surface area contributed by atoms with Crippen LogP contribution in [0.15, 0.2) is 83.8 Å². The molecule has 0 spiro atoms. The van der Waals surface area contributed by atoms with Gasteiger partial charge in [-0.15, -0.1) is 0 Å². The first-order chi connectivity index (χ1) is 16.2. The summed E-state index contributed by atoms with van der Waals surface area (Å²) in [5.41, 5.74) is 1.74. The van der Waals surface area contributed by atoms with Crippen molar-refractivity contribution >= 4 is 21.4 Å². The van der Waals surface area contributed by atoms with E-state index in [0.717, 1.165) is 17.4 Å². The first-order valence-electron chi connectivity index (χ1n) is 10.4. The largest absolute Gasteiger partial charge is 0.457 e. The van der Waals surface area contributed by atoms with Gasteiger partial charge in [-0.1, -0.05) is 42.5 Å². The van der Waals surface area contributed by atoms with Gasteiger partial charge < -0.3 is 4.74 Å². The van der Waals surface area contributed by atoms with Crippen LogP contribution >= 0.6 is 0 Å². The molecule has 1 N–H and O–H groups in total. The number of rotatable bonds is 8. The summed E-state index contributed by atoms with van der Waals surface area (Å²) >= 11 is 0. The lowest BCUT2D eigenvalue weighted by molar-refractivity contribution is -0.387. The molecule has 1 aromatic heterocycles. The lowest BCUT2D eigenvalue weighted by Gasteiger charge is -2.10. The van der Waals surface area contributed by atoms with E-state index in [1.54, 1.807) is 18.5 Å². The summed E-state index contributed by atoms with van der Waals surface area (Å²) in [6.07, 6.45) is 0. The van der Waals surface area contributed by atoms with Gasteiger partial charge in [-0.05, 0) is 49.7 Å². The summed E-state index contributed by atoms with van der Waals surface area (Å²) in [7, 11) is -4.20. The Morgan fingerprint density at radius 3 is 2.38 bits per heavy atom. The number of nitro groups is 1. The minimum Gasteiger partial charge on any atom is -0.457 e. The second-order valence-electron chi connectivity index (χ2n) is 7.60. The molecule has 0 atom stereocenters. The first kappa shape index (κ1) is 23.0. The second kappa shape index (κ2) is 9.36. The predicted octanol–water partition coefficient (Wildman–Crippen LogP) is 5.05. The number of anilines is 1. The number of nitro benzene ring substituents is 1. The zero-order valence-electron chi connectivity index (χ0n) is 18.5. The van der Waals surface area contributed by atoms with Gasteiger partial charge in [0.25, 0.3) is 15.7 Å². The van der Waals surface area contributed by atoms with Crippen molar-refractivity contribution < 1.29 is 18.1 Å². The molecule has 0 aliphatic heterocycles. The van der Waals surface area contributed by atoms with Crippen LogP contribution < -0.4 is 9.46 Å². The molecule has 0 aliphatic carbocycles. The Morgan fingerprint density at radius 2 is 1.65 bits per heavy atom. The van der Waals surface area contributed by atoms with Gasteiger partial charge in [-0.3, -0.25) is 19.5 Å². The quantitative estimate of drug-likeness (QED) is 0.280. The number of ether oxygens (including phenoxy) is 1. The lowest BCUT2D eigenvalue weighted by atomic mass is 10.2. The van der Waals surface area contributed by atoms with Crippen molar-refractivity contribution in [3.8, 4) is 11.5 Å². The van der Waals surface area contributed by atoms with E-state index < -0.39 is 25.5 Å². The number of hydrogen-bond donors (Lipinski definition) is 1. The smallest absolute Gasteiger partial charge is 0.289 e. The normalized spacial score (nSPS) is 11.2. The van der Waals surface area contributed by atoms with Crippen molar-refractivity contribution in [2.24, 2.45) is 0 Å². The van der Waals surface area contributed by atoms with Crippen LogP contribution in [0.3, 0.4) is 0 Å². The third kappa shape index (κ3) is 4.91. The van der Waals surface area contributed by atoms with Crippen molar-refractivity contribution in [2.45, 2.75) is 25.3 Å². The molecule has 0 amide bonds. The highest BCUT2D eigenvalue weighted by Gasteiger charge is 2.27. The highest BCUT2D eigenvalue weighted by molar-refractivity contribution is 7.92. The fraction of sp³-hybridized carbons (Fsp3) is 0.125. The zero-order valence-corrected chi connectivity index (χ0v) is 19.3. The van der Waals surface area contributed by atoms with E-state index in [2.05, 4.69) is 9.82 Å². The monoisotopic (exact) mass is 478 g/mol. The van der Waals surface area contributed by atoms with E-state index in [1.165, 1.54) is 18.2 Å². The highest BCUT2D eigenvalue weighted by Crippen LogP contribution is 2.29. The summed E-state index contributed by atoms with van der Waals surface area (Å²) in [5, 5.41) is 15.8. The Balaban J connectivity index is 1.58. The molecule has 0 fully saturated rings. The summed E-state index contributed by atoms with van der Waals surface area (Å²) in [4.78, 5) is 10.2. The van der Waals surface area contributed by atoms with Crippen LogP contribution in [0.25, 0.3) is 0 Å². The fourth-order valence-electron chi connectivity index (χ4n) is 3.53. The molecule has 4 aromatic rings. The van der Waals surface area contributed by atoms with Crippen molar-refractivity contribution in [1.29, 1.82) is 0 Å². The Kier molecular flexibility index (Phi) is 6.33. The molecule has 1 heterocycles. The van der Waals surface area contributed by atoms with Crippen molar-refractivity contribution in [3.63, 3.8) is 0 Å². The van der Waals surface area contributed by atoms with Crippen LogP contribution in [-0.4, -0.2) is 23.1 Å². The molecule has 0 bridgehead atoms. The van der Waals surface area contributed by atoms with E-state index in [1.807, 2.05) is 54.6 Å². The number of hydrogen-bond acceptors (Lipinski definition) is 6. The topological polar surface area (TPSA) is 116 Å². The number of nitrogens with one attached hydrogen (secondary N) is 1. The van der Waals surface area contributed by atoms with E-state index in [0.29, 0.717) is 23.7 Å². The predicted molar refractivity (Wildman–Crippen MR) is 128 cm³/mol. The molecule has 0 unspecified atom stereocenters. The standard InChI is InChI=1S/C24H22N4O5S/c1-17-24(26-34(31,32)23-14-7-6-13-22(23)28(29)30)18(2)27(25-17)16-19-9-8-12-21(15-19)33-20-10-4-3-5-11-20/h3-15,26H,16H2,1-2H3. The zero-order chi connectivity index (χ0) is 24.3. The maximum Gasteiger partial charge on any atom is 0.289 e. The molecule has 34 heavy (non-hydrogen) atoms. The van der Waals surface area contributed by atoms with Crippen LogP contribution in [0, 0.1) is 24.0 Å². The molecule has 0 saturated carbocycles. The molecule has 10 heteroatoms. The highest BCUT2D eigenvalue weighted by atomic mass is 32.2. The third-order valence-electron chi connectivity index (χ3n) is 5.18. The number of benzene rings is 3.